The Kier molecular flexibility index (Phi) is 46.7. The maximum atomic E-state index is 12.8. The molecular formula is C57H104NO8+. The number of esters is 2. The number of unbranched alkanes of at least 4 members (excludes halogenated alkanes) is 27. The van der Waals surface area contributed by atoms with Crippen LogP contribution in [0.4, 0.5) is 0 Å². The first kappa shape index (κ1) is 63.2. The fourth-order valence-corrected chi connectivity index (χ4v) is 7.54. The third kappa shape index (κ3) is 49.2. The molecule has 0 rings (SSSR count). The number of hydrogen-bond donors (Lipinski definition) is 1. The summed E-state index contributed by atoms with van der Waals surface area (Å²) in [5, 5.41) is 9.68. The van der Waals surface area contributed by atoms with Crippen molar-refractivity contribution in [3.05, 3.63) is 48.6 Å². The number of hydrogen-bond acceptors (Lipinski definition) is 7. The Morgan fingerprint density at radius 1 is 0.455 bits per heavy atom. The van der Waals surface area contributed by atoms with Crippen molar-refractivity contribution in [2.24, 2.45) is 0 Å². The predicted molar refractivity (Wildman–Crippen MR) is 277 cm³/mol. The first-order valence-corrected chi connectivity index (χ1v) is 27.3. The summed E-state index contributed by atoms with van der Waals surface area (Å²) in [6.45, 7) is 4.86. The molecule has 0 spiro atoms. The zero-order chi connectivity index (χ0) is 48.4. The Morgan fingerprint density at radius 2 is 0.818 bits per heavy atom. The molecule has 0 heterocycles. The van der Waals surface area contributed by atoms with Gasteiger partial charge in [0, 0.05) is 12.8 Å². The third-order valence-electron chi connectivity index (χ3n) is 11.8. The summed E-state index contributed by atoms with van der Waals surface area (Å²) in [7, 11) is 5.96. The van der Waals surface area contributed by atoms with Gasteiger partial charge in [-0.3, -0.25) is 9.59 Å². The van der Waals surface area contributed by atoms with Crippen LogP contribution in [-0.4, -0.2) is 87.4 Å². The van der Waals surface area contributed by atoms with Crippen molar-refractivity contribution in [1.82, 2.24) is 0 Å². The van der Waals surface area contributed by atoms with E-state index in [0.717, 1.165) is 70.6 Å². The van der Waals surface area contributed by atoms with Crippen LogP contribution in [-0.2, 0) is 33.3 Å². The van der Waals surface area contributed by atoms with Crippen LogP contribution in [0.1, 0.15) is 239 Å². The average Bonchev–Trinajstić information content (AvgIpc) is 3.28. The molecule has 0 bridgehead atoms. The standard InChI is InChI=1S/C57H103NO8/c1-6-8-10-12-14-16-18-20-22-24-25-26-27-28-29-30-31-32-34-36-38-40-42-44-46-48-55(60)66-53(52-65-57(56(61)62)63-50-49-58(3,4)5)51-64-54(59)47-45-43-41-39-37-35-33-23-21-19-17-15-13-11-9-7-2/h18,20,23-25,27-28,33,53,57H,6-17,19,21-22,26,29-32,34-52H2,1-5H3/p+1/b20-18-,25-24-,28-27-,33-23-. The number of ether oxygens (including phenoxy) is 4. The molecule has 0 aromatic carbocycles. The second kappa shape index (κ2) is 48.7. The average molecular weight is 931 g/mol. The minimum absolute atomic E-state index is 0.185. The number of carboxylic acids is 1. The molecule has 66 heavy (non-hydrogen) atoms. The van der Waals surface area contributed by atoms with Crippen LogP contribution in [0.5, 0.6) is 0 Å². The molecule has 0 aromatic heterocycles. The number of nitrogens with zero attached hydrogens (tertiary/aromatic N) is 1. The van der Waals surface area contributed by atoms with Gasteiger partial charge in [0.25, 0.3) is 6.29 Å². The molecule has 0 aromatic rings. The molecule has 0 aliphatic carbocycles. The molecule has 9 nitrogen and oxygen atoms in total. The second-order valence-electron chi connectivity index (χ2n) is 19.5. The van der Waals surface area contributed by atoms with Crippen LogP contribution in [0.15, 0.2) is 48.6 Å². The number of quaternary nitrogens is 1. The number of rotatable bonds is 50. The van der Waals surface area contributed by atoms with Crippen molar-refractivity contribution in [2.75, 3.05) is 47.5 Å². The van der Waals surface area contributed by atoms with Crippen molar-refractivity contribution in [1.29, 1.82) is 0 Å². The number of aliphatic carboxylic acids is 1. The van der Waals surface area contributed by atoms with Crippen molar-refractivity contribution in [3.63, 3.8) is 0 Å². The van der Waals surface area contributed by atoms with Crippen molar-refractivity contribution in [2.45, 2.75) is 251 Å². The first-order chi connectivity index (χ1) is 32.1. The zero-order valence-electron chi connectivity index (χ0n) is 43.6. The van der Waals surface area contributed by atoms with E-state index in [2.05, 4.69) is 62.5 Å². The summed E-state index contributed by atoms with van der Waals surface area (Å²) in [5.41, 5.74) is 0. The number of allylic oxidation sites excluding steroid dienone is 8. The largest absolute Gasteiger partial charge is 0.477 e. The Balaban J connectivity index is 4.29. The maximum Gasteiger partial charge on any atom is 0.361 e. The van der Waals surface area contributed by atoms with E-state index in [4.69, 9.17) is 18.9 Å². The Hall–Kier alpha value is -2.75. The quantitative estimate of drug-likeness (QED) is 0.0211. The minimum atomic E-state index is -1.51. The van der Waals surface area contributed by atoms with E-state index in [1.165, 1.54) is 135 Å². The molecule has 0 saturated heterocycles. The summed E-state index contributed by atoms with van der Waals surface area (Å²) in [4.78, 5) is 37.3. The molecule has 0 aliphatic rings. The lowest BCUT2D eigenvalue weighted by Gasteiger charge is -2.25. The van der Waals surface area contributed by atoms with Crippen LogP contribution >= 0.6 is 0 Å². The van der Waals surface area contributed by atoms with E-state index in [-0.39, 0.29) is 32.2 Å². The minimum Gasteiger partial charge on any atom is -0.477 e. The Bertz CT molecular complexity index is 1220. The summed E-state index contributed by atoms with van der Waals surface area (Å²) < 4.78 is 22.8. The van der Waals surface area contributed by atoms with E-state index in [9.17, 15) is 19.5 Å². The molecule has 0 fully saturated rings. The zero-order valence-corrected chi connectivity index (χ0v) is 43.6. The number of likely N-dealkylation sites (N-methyl/N-ethyl adjacent to an activating group) is 1. The molecule has 2 unspecified atom stereocenters. The summed E-state index contributed by atoms with van der Waals surface area (Å²) in [5.74, 6) is -2.02. The van der Waals surface area contributed by atoms with Crippen molar-refractivity contribution < 1.29 is 42.9 Å². The van der Waals surface area contributed by atoms with Crippen LogP contribution in [0.2, 0.25) is 0 Å². The first-order valence-electron chi connectivity index (χ1n) is 27.3. The Labute approximate surface area is 406 Å². The van der Waals surface area contributed by atoms with E-state index in [1.807, 2.05) is 21.1 Å². The fraction of sp³-hybridized carbons (Fsp3) is 0.807. The molecule has 0 aliphatic heterocycles. The Morgan fingerprint density at radius 3 is 1.23 bits per heavy atom. The lowest BCUT2D eigenvalue weighted by molar-refractivity contribution is -0.870. The van der Waals surface area contributed by atoms with Gasteiger partial charge in [-0.1, -0.05) is 197 Å². The highest BCUT2D eigenvalue weighted by Gasteiger charge is 2.25. The molecule has 9 heteroatoms. The smallest absolute Gasteiger partial charge is 0.361 e. The lowest BCUT2D eigenvalue weighted by atomic mass is 10.0. The molecule has 0 saturated carbocycles. The van der Waals surface area contributed by atoms with Gasteiger partial charge < -0.3 is 28.5 Å². The summed E-state index contributed by atoms with van der Waals surface area (Å²) in [6.07, 6.45) is 56.0. The normalized spacial score (nSPS) is 13.2. The molecule has 2 atom stereocenters. The van der Waals surface area contributed by atoms with E-state index in [0.29, 0.717) is 23.9 Å². The van der Waals surface area contributed by atoms with E-state index in [1.54, 1.807) is 0 Å². The van der Waals surface area contributed by atoms with Gasteiger partial charge in [-0.25, -0.2) is 4.79 Å². The second-order valence-corrected chi connectivity index (χ2v) is 19.5. The third-order valence-corrected chi connectivity index (χ3v) is 11.8. The van der Waals surface area contributed by atoms with Crippen LogP contribution in [0.3, 0.4) is 0 Å². The molecule has 0 amide bonds. The summed E-state index contributed by atoms with van der Waals surface area (Å²) >= 11 is 0. The topological polar surface area (TPSA) is 108 Å². The maximum absolute atomic E-state index is 12.8. The molecular weight excluding hydrogens is 827 g/mol. The fourth-order valence-electron chi connectivity index (χ4n) is 7.54. The van der Waals surface area contributed by atoms with Gasteiger partial charge in [0.2, 0.25) is 0 Å². The molecule has 0 radical (unpaired) electrons. The highest BCUT2D eigenvalue weighted by atomic mass is 16.7. The van der Waals surface area contributed by atoms with E-state index < -0.39 is 24.3 Å². The van der Waals surface area contributed by atoms with Gasteiger partial charge in [0.05, 0.1) is 34.4 Å². The van der Waals surface area contributed by atoms with Crippen molar-refractivity contribution in [3.8, 4) is 0 Å². The SMILES string of the molecule is CCCCCCC/C=C\C/C=C\C/C=C\CCCCCCCCCCCCC(=O)OC(COC(=O)CCCCCCC/C=C\CCCCCCCCC)COC(OCC[N+](C)(C)C)C(=O)O. The van der Waals surface area contributed by atoms with Gasteiger partial charge in [-0.2, -0.15) is 0 Å². The highest BCUT2D eigenvalue weighted by molar-refractivity contribution is 5.71. The number of carboxylic acid groups (broad SMARTS) is 1. The van der Waals surface area contributed by atoms with Gasteiger partial charge >= 0.3 is 17.9 Å². The number of carbonyl (C=O) groups is 3. The molecule has 384 valence electrons. The summed E-state index contributed by atoms with van der Waals surface area (Å²) in [6, 6.07) is 0. The van der Waals surface area contributed by atoms with Crippen molar-refractivity contribution >= 4 is 17.9 Å². The number of carbonyl (C=O) groups excluding carboxylic acids is 2. The lowest BCUT2D eigenvalue weighted by Crippen LogP contribution is -2.40. The predicted octanol–water partition coefficient (Wildman–Crippen LogP) is 15.5. The van der Waals surface area contributed by atoms with Crippen LogP contribution < -0.4 is 0 Å². The van der Waals surface area contributed by atoms with Crippen LogP contribution in [0, 0.1) is 0 Å². The van der Waals surface area contributed by atoms with Gasteiger partial charge in [0.15, 0.2) is 6.10 Å². The monoisotopic (exact) mass is 931 g/mol. The van der Waals surface area contributed by atoms with Gasteiger partial charge in [-0.05, 0) is 77.0 Å². The molecule has 1 N–H and O–H groups in total. The van der Waals surface area contributed by atoms with Gasteiger partial charge in [0.1, 0.15) is 13.2 Å². The van der Waals surface area contributed by atoms with E-state index >= 15 is 0 Å². The van der Waals surface area contributed by atoms with Gasteiger partial charge in [-0.15, -0.1) is 0 Å². The highest BCUT2D eigenvalue weighted by Crippen LogP contribution is 2.15. The van der Waals surface area contributed by atoms with Crippen LogP contribution in [0.25, 0.3) is 0 Å².